The number of rotatable bonds is 1. The Balaban J connectivity index is 2.17. The lowest BCUT2D eigenvalue weighted by Crippen LogP contribution is -2.08. The van der Waals surface area contributed by atoms with E-state index in [9.17, 15) is 0 Å². The highest BCUT2D eigenvalue weighted by molar-refractivity contribution is 4.96. The molecule has 0 radical (unpaired) electrons. The molecule has 1 N–H and O–H groups in total. The highest BCUT2D eigenvalue weighted by atomic mass is 16.5. The second-order valence-corrected chi connectivity index (χ2v) is 2.65. The maximum Gasteiger partial charge on any atom is 0.231 e. The fourth-order valence-corrected chi connectivity index (χ4v) is 1.27. The van der Waals surface area contributed by atoms with Gasteiger partial charge < -0.3 is 9.84 Å². The van der Waals surface area contributed by atoms with E-state index >= 15 is 0 Å². The second-order valence-electron chi connectivity index (χ2n) is 2.65. The first-order valence-corrected chi connectivity index (χ1v) is 3.62. The minimum absolute atomic E-state index is 0.165. The molecule has 0 bridgehead atoms. The highest BCUT2D eigenvalue weighted by Crippen LogP contribution is 2.19. The van der Waals surface area contributed by atoms with E-state index in [-0.39, 0.29) is 11.7 Å². The van der Waals surface area contributed by atoms with Gasteiger partial charge in [0.2, 0.25) is 5.89 Å². The van der Waals surface area contributed by atoms with Gasteiger partial charge in [-0.05, 0) is 19.8 Å². The van der Waals surface area contributed by atoms with E-state index < -0.39 is 6.85 Å². The van der Waals surface area contributed by atoms with Gasteiger partial charge in [0.1, 0.15) is 0 Å². The Bertz CT molecular complexity index is 316. The first-order valence-electron chi connectivity index (χ1n) is 5.12. The van der Waals surface area contributed by atoms with Gasteiger partial charge in [-0.1, -0.05) is 5.16 Å². The SMILES string of the molecule is [2H]C([2H])([2H])c1noc(C2CCNC2)n1. The van der Waals surface area contributed by atoms with E-state index in [1.54, 1.807) is 0 Å². The van der Waals surface area contributed by atoms with Crippen LogP contribution in [-0.4, -0.2) is 23.2 Å². The summed E-state index contributed by atoms with van der Waals surface area (Å²) in [4.78, 5) is 3.88. The van der Waals surface area contributed by atoms with Crippen molar-refractivity contribution in [3.05, 3.63) is 11.7 Å². The molecular weight excluding hydrogens is 142 g/mol. The lowest BCUT2D eigenvalue weighted by Gasteiger charge is -1.97. The lowest BCUT2D eigenvalue weighted by atomic mass is 10.1. The summed E-state index contributed by atoms with van der Waals surface area (Å²) in [6, 6.07) is 0. The van der Waals surface area contributed by atoms with Crippen molar-refractivity contribution >= 4 is 0 Å². The molecule has 1 aliphatic heterocycles. The molecule has 1 saturated heterocycles. The number of hydrogen-bond donors (Lipinski definition) is 1. The summed E-state index contributed by atoms with van der Waals surface area (Å²) in [7, 11) is 0. The zero-order valence-corrected chi connectivity index (χ0v) is 6.00. The standard InChI is InChI=1S/C7H11N3O/c1-5-9-7(11-10-5)6-2-3-8-4-6/h6,8H,2-4H2,1H3/i1D3. The summed E-state index contributed by atoms with van der Waals surface area (Å²) in [6.45, 7) is -0.577. The first-order chi connectivity index (χ1) is 6.57. The van der Waals surface area contributed by atoms with E-state index in [0.717, 1.165) is 19.5 Å². The van der Waals surface area contributed by atoms with Gasteiger partial charge in [0.05, 0.1) is 5.92 Å². The maximum absolute atomic E-state index is 7.09. The smallest absolute Gasteiger partial charge is 0.231 e. The van der Waals surface area contributed by atoms with Crippen molar-refractivity contribution in [1.82, 2.24) is 15.5 Å². The molecule has 11 heavy (non-hydrogen) atoms. The van der Waals surface area contributed by atoms with Crippen molar-refractivity contribution in [3.63, 3.8) is 0 Å². The molecular formula is C7H11N3O. The zero-order chi connectivity index (χ0) is 10.2. The Morgan fingerprint density at radius 1 is 1.82 bits per heavy atom. The van der Waals surface area contributed by atoms with Gasteiger partial charge in [-0.25, -0.2) is 0 Å². The summed E-state index contributed by atoms with van der Waals surface area (Å²) in [5.41, 5.74) is 0. The summed E-state index contributed by atoms with van der Waals surface area (Å²) in [6.07, 6.45) is 0.919. The Labute approximate surface area is 69.2 Å². The summed E-state index contributed by atoms with van der Waals surface area (Å²) in [5.74, 6) is 0.402. The lowest BCUT2D eigenvalue weighted by molar-refractivity contribution is 0.356. The van der Waals surface area contributed by atoms with Crippen LogP contribution in [0.25, 0.3) is 0 Å². The van der Waals surface area contributed by atoms with Crippen molar-refractivity contribution in [2.45, 2.75) is 19.2 Å². The molecule has 1 fully saturated rings. The van der Waals surface area contributed by atoms with Crippen LogP contribution in [-0.2, 0) is 0 Å². The van der Waals surface area contributed by atoms with Crippen LogP contribution in [0.1, 0.15) is 28.2 Å². The number of aromatic nitrogens is 2. The Morgan fingerprint density at radius 2 is 2.82 bits per heavy atom. The van der Waals surface area contributed by atoms with Crippen LogP contribution in [0.2, 0.25) is 0 Å². The van der Waals surface area contributed by atoms with Crippen molar-refractivity contribution in [2.24, 2.45) is 0 Å². The number of aryl methyl sites for hydroxylation is 1. The van der Waals surface area contributed by atoms with Crippen molar-refractivity contribution < 1.29 is 8.64 Å². The molecule has 0 aromatic carbocycles. The topological polar surface area (TPSA) is 51.0 Å². The van der Waals surface area contributed by atoms with Gasteiger partial charge in [-0.2, -0.15) is 4.98 Å². The van der Waals surface area contributed by atoms with Crippen LogP contribution >= 0.6 is 0 Å². The van der Waals surface area contributed by atoms with Crippen molar-refractivity contribution in [3.8, 4) is 0 Å². The van der Waals surface area contributed by atoms with Crippen LogP contribution in [0.3, 0.4) is 0 Å². The van der Waals surface area contributed by atoms with Crippen LogP contribution < -0.4 is 5.32 Å². The van der Waals surface area contributed by atoms with E-state index in [0.29, 0.717) is 5.89 Å². The molecule has 4 heteroatoms. The molecule has 0 saturated carbocycles. The molecule has 1 aromatic heterocycles. The second kappa shape index (κ2) is 2.62. The van der Waals surface area contributed by atoms with E-state index in [1.165, 1.54) is 0 Å². The Kier molecular flexibility index (Phi) is 1.00. The third-order valence-corrected chi connectivity index (χ3v) is 1.85. The van der Waals surface area contributed by atoms with Gasteiger partial charge in [0.15, 0.2) is 5.82 Å². The Hall–Kier alpha value is -0.900. The third-order valence-electron chi connectivity index (χ3n) is 1.85. The van der Waals surface area contributed by atoms with Crippen molar-refractivity contribution in [2.75, 3.05) is 13.1 Å². The quantitative estimate of drug-likeness (QED) is 0.641. The largest absolute Gasteiger partial charge is 0.339 e. The summed E-state index contributed by atoms with van der Waals surface area (Å²) < 4.78 is 26.2. The van der Waals surface area contributed by atoms with Crippen LogP contribution in [0.5, 0.6) is 0 Å². The summed E-state index contributed by atoms with van der Waals surface area (Å²) >= 11 is 0. The third kappa shape index (κ3) is 1.26. The minimum atomic E-state index is -2.27. The number of nitrogens with one attached hydrogen (secondary N) is 1. The fourth-order valence-electron chi connectivity index (χ4n) is 1.27. The van der Waals surface area contributed by atoms with E-state index in [2.05, 4.69) is 15.5 Å². The molecule has 1 aromatic rings. The number of hydrogen-bond acceptors (Lipinski definition) is 4. The summed E-state index contributed by atoms with van der Waals surface area (Å²) in [5, 5.41) is 6.61. The number of nitrogens with zero attached hydrogens (tertiary/aromatic N) is 2. The first kappa shape index (κ1) is 4.21. The van der Waals surface area contributed by atoms with Crippen LogP contribution in [0, 0.1) is 6.85 Å². The molecule has 2 heterocycles. The molecule has 60 valence electrons. The fraction of sp³-hybridized carbons (Fsp3) is 0.714. The van der Waals surface area contributed by atoms with Gasteiger partial charge >= 0.3 is 0 Å². The average Bonchev–Trinajstić information content (AvgIpc) is 2.73. The monoisotopic (exact) mass is 156 g/mol. The molecule has 2 rings (SSSR count). The zero-order valence-electron chi connectivity index (χ0n) is 9.00. The minimum Gasteiger partial charge on any atom is -0.339 e. The molecule has 0 aliphatic carbocycles. The molecule has 1 atom stereocenters. The molecule has 0 amide bonds. The van der Waals surface area contributed by atoms with Gasteiger partial charge in [-0.15, -0.1) is 0 Å². The normalized spacial score (nSPS) is 29.5. The van der Waals surface area contributed by atoms with Crippen LogP contribution in [0.4, 0.5) is 0 Å². The molecule has 1 unspecified atom stereocenters. The van der Waals surface area contributed by atoms with Gasteiger partial charge in [0, 0.05) is 10.7 Å². The van der Waals surface area contributed by atoms with E-state index in [1.807, 2.05) is 0 Å². The Morgan fingerprint density at radius 3 is 3.45 bits per heavy atom. The predicted octanol–water partition coefficient (Wildman–Crippen LogP) is 0.455. The predicted molar refractivity (Wildman–Crippen MR) is 39.3 cm³/mol. The van der Waals surface area contributed by atoms with Crippen molar-refractivity contribution in [1.29, 1.82) is 0 Å². The van der Waals surface area contributed by atoms with E-state index in [4.69, 9.17) is 8.64 Å². The highest BCUT2D eigenvalue weighted by Gasteiger charge is 2.21. The molecule has 4 nitrogen and oxygen atoms in total. The van der Waals surface area contributed by atoms with Gasteiger partial charge in [-0.3, -0.25) is 0 Å². The van der Waals surface area contributed by atoms with Crippen LogP contribution in [0.15, 0.2) is 4.52 Å². The van der Waals surface area contributed by atoms with Gasteiger partial charge in [0.25, 0.3) is 0 Å². The maximum atomic E-state index is 7.09. The molecule has 1 aliphatic rings. The average molecular weight is 156 g/mol. The molecule has 0 spiro atoms.